The predicted molar refractivity (Wildman–Crippen MR) is 70.2 cm³/mol. The van der Waals surface area contributed by atoms with Crippen LogP contribution in [-0.2, 0) is 0 Å². The van der Waals surface area contributed by atoms with Crippen LogP contribution in [0.3, 0.4) is 0 Å². The molecule has 1 fully saturated rings. The van der Waals surface area contributed by atoms with Gasteiger partial charge in [0.2, 0.25) is 0 Å². The second-order valence-corrected chi connectivity index (χ2v) is 4.92. The normalized spacial score (nSPS) is 34.0. The summed E-state index contributed by atoms with van der Waals surface area (Å²) in [5.41, 5.74) is 2.07. The first kappa shape index (κ1) is 13.8. The Bertz CT molecular complexity index is 418. The first-order valence-electron chi connectivity index (χ1n) is 5.92. The van der Waals surface area contributed by atoms with Crippen LogP contribution in [0.5, 0.6) is 0 Å². The van der Waals surface area contributed by atoms with E-state index < -0.39 is 0 Å². The molecule has 1 aliphatic carbocycles. The van der Waals surface area contributed by atoms with Crippen molar-refractivity contribution in [2.75, 3.05) is 0 Å². The van der Waals surface area contributed by atoms with Crippen molar-refractivity contribution in [3.05, 3.63) is 34.3 Å². The van der Waals surface area contributed by atoms with E-state index in [2.05, 4.69) is 18.7 Å². The van der Waals surface area contributed by atoms with Crippen molar-refractivity contribution in [3.8, 4) is 6.07 Å². The van der Waals surface area contributed by atoms with Crippen LogP contribution >= 0.6 is 11.6 Å². The van der Waals surface area contributed by atoms with E-state index in [1.807, 2.05) is 19.1 Å². The molecular weight excluding hydrogens is 232 g/mol. The predicted octanol–water partition coefficient (Wildman–Crippen LogP) is 4.30. The number of allylic oxidation sites excluding steroid dienone is 4. The average molecular weight is 249 g/mol. The van der Waals surface area contributed by atoms with Gasteiger partial charge >= 0.3 is 0 Å². The van der Waals surface area contributed by atoms with Crippen LogP contribution in [0.1, 0.15) is 33.6 Å². The maximum Gasteiger partial charge on any atom is 0.265 e. The smallest absolute Gasteiger partial charge is 0.226 e. The molecule has 0 N–H and O–H groups in total. The lowest BCUT2D eigenvalue weighted by atomic mass is 9.73. The van der Waals surface area contributed by atoms with Gasteiger partial charge in [-0.3, -0.25) is 0 Å². The summed E-state index contributed by atoms with van der Waals surface area (Å²) in [6.45, 7) is 13.3. The summed E-state index contributed by atoms with van der Waals surface area (Å²) in [5.74, 6) is 0.678. The molecule has 0 amide bonds. The molecule has 0 aromatic rings. The SMILES string of the molecule is [C-]#[N+]C(C#N)=C1/C(=C/C)C(Cl)C(C)CC1CC. The second kappa shape index (κ2) is 5.89. The molecule has 3 atom stereocenters. The number of hydrogen-bond donors (Lipinski definition) is 0. The maximum absolute atomic E-state index is 9.07. The number of alkyl halides is 1. The third-order valence-corrected chi connectivity index (χ3v) is 4.11. The van der Waals surface area contributed by atoms with Gasteiger partial charge in [-0.2, -0.15) is 0 Å². The van der Waals surface area contributed by atoms with Crippen LogP contribution < -0.4 is 0 Å². The molecule has 3 heteroatoms. The van der Waals surface area contributed by atoms with E-state index in [0.717, 1.165) is 24.0 Å². The quantitative estimate of drug-likeness (QED) is 0.386. The van der Waals surface area contributed by atoms with Gasteiger partial charge in [-0.15, -0.1) is 11.6 Å². The zero-order chi connectivity index (χ0) is 13.0. The van der Waals surface area contributed by atoms with Crippen LogP contribution in [0.25, 0.3) is 4.85 Å². The second-order valence-electron chi connectivity index (χ2n) is 4.45. The van der Waals surface area contributed by atoms with Gasteiger partial charge in [-0.25, -0.2) is 10.1 Å². The molecule has 1 rings (SSSR count). The minimum absolute atomic E-state index is 0.0806. The summed E-state index contributed by atoms with van der Waals surface area (Å²) in [4.78, 5) is 3.36. The van der Waals surface area contributed by atoms with Crippen molar-refractivity contribution in [1.29, 1.82) is 5.26 Å². The van der Waals surface area contributed by atoms with Crippen molar-refractivity contribution in [2.45, 2.75) is 39.0 Å². The Kier molecular flexibility index (Phi) is 4.79. The molecule has 3 unspecified atom stereocenters. The number of hydrogen-bond acceptors (Lipinski definition) is 1. The Hall–Kier alpha value is -1.25. The highest BCUT2D eigenvalue weighted by Gasteiger charge is 2.34. The Labute approximate surface area is 108 Å². The third-order valence-electron chi connectivity index (χ3n) is 3.45. The largest absolute Gasteiger partial charge is 0.265 e. The van der Waals surface area contributed by atoms with E-state index in [-0.39, 0.29) is 17.0 Å². The van der Waals surface area contributed by atoms with E-state index in [1.54, 1.807) is 0 Å². The molecule has 17 heavy (non-hydrogen) atoms. The molecule has 0 aromatic carbocycles. The molecule has 0 spiro atoms. The van der Waals surface area contributed by atoms with Gasteiger partial charge in [0.25, 0.3) is 5.70 Å². The van der Waals surface area contributed by atoms with E-state index in [0.29, 0.717) is 5.92 Å². The molecule has 0 aromatic heterocycles. The van der Waals surface area contributed by atoms with Gasteiger partial charge in [-0.05, 0) is 36.3 Å². The molecule has 0 aliphatic heterocycles. The van der Waals surface area contributed by atoms with Gasteiger partial charge in [0.15, 0.2) is 0 Å². The lowest BCUT2D eigenvalue weighted by molar-refractivity contribution is 0.391. The minimum Gasteiger partial charge on any atom is -0.226 e. The van der Waals surface area contributed by atoms with E-state index in [4.69, 9.17) is 23.4 Å². The van der Waals surface area contributed by atoms with Gasteiger partial charge < -0.3 is 0 Å². The average Bonchev–Trinajstić information content (AvgIpc) is 2.35. The van der Waals surface area contributed by atoms with Crippen LogP contribution in [0.2, 0.25) is 0 Å². The van der Waals surface area contributed by atoms with Crippen LogP contribution in [-0.4, -0.2) is 5.38 Å². The number of nitrogens with zero attached hydrogens (tertiary/aromatic N) is 2. The molecular formula is C14H17ClN2. The maximum atomic E-state index is 9.07. The fraction of sp³-hybridized carbons (Fsp3) is 0.571. The lowest BCUT2D eigenvalue weighted by Gasteiger charge is -2.35. The van der Waals surface area contributed by atoms with Crippen molar-refractivity contribution in [2.24, 2.45) is 11.8 Å². The van der Waals surface area contributed by atoms with Gasteiger partial charge in [0.05, 0.1) is 18.0 Å². The lowest BCUT2D eigenvalue weighted by Crippen LogP contribution is -2.28. The highest BCUT2D eigenvalue weighted by molar-refractivity contribution is 6.23. The summed E-state index contributed by atoms with van der Waals surface area (Å²) in [5, 5.41) is 8.98. The Balaban J connectivity index is 3.37. The zero-order valence-electron chi connectivity index (χ0n) is 10.5. The summed E-state index contributed by atoms with van der Waals surface area (Å²) in [6.07, 6.45) is 3.85. The van der Waals surface area contributed by atoms with Crippen LogP contribution in [0, 0.1) is 29.7 Å². The first-order valence-corrected chi connectivity index (χ1v) is 6.36. The molecule has 0 bridgehead atoms. The molecule has 1 aliphatic rings. The fourth-order valence-corrected chi connectivity index (χ4v) is 2.88. The number of rotatable bonds is 1. The minimum atomic E-state index is -0.0806. The number of halogens is 1. The Morgan fingerprint density at radius 3 is 2.76 bits per heavy atom. The van der Waals surface area contributed by atoms with E-state index >= 15 is 0 Å². The molecule has 90 valence electrons. The molecule has 0 radical (unpaired) electrons. The number of nitriles is 1. The third kappa shape index (κ3) is 2.54. The van der Waals surface area contributed by atoms with Gasteiger partial charge in [-0.1, -0.05) is 26.3 Å². The van der Waals surface area contributed by atoms with Crippen molar-refractivity contribution >= 4 is 11.6 Å². The first-order chi connectivity index (χ1) is 8.10. The van der Waals surface area contributed by atoms with Gasteiger partial charge in [0, 0.05) is 0 Å². The summed E-state index contributed by atoms with van der Waals surface area (Å²) < 4.78 is 0. The molecule has 0 heterocycles. The Morgan fingerprint density at radius 1 is 1.71 bits per heavy atom. The van der Waals surface area contributed by atoms with Crippen molar-refractivity contribution < 1.29 is 0 Å². The molecule has 0 saturated heterocycles. The molecule has 2 nitrogen and oxygen atoms in total. The highest BCUT2D eigenvalue weighted by Crippen LogP contribution is 2.43. The standard InChI is InChI=1S/C14H17ClN2/c1-5-10-7-9(3)14(15)11(6-2)13(10)12(8-16)17-4/h6,9-10,14H,5,7H2,1-3H3/b11-6-,13-12?. The summed E-state index contributed by atoms with van der Waals surface area (Å²) in [7, 11) is 0. The molecule has 1 saturated carbocycles. The van der Waals surface area contributed by atoms with E-state index in [1.165, 1.54) is 0 Å². The van der Waals surface area contributed by atoms with Crippen LogP contribution in [0.15, 0.2) is 22.9 Å². The fourth-order valence-electron chi connectivity index (χ4n) is 2.54. The monoisotopic (exact) mass is 248 g/mol. The van der Waals surface area contributed by atoms with Crippen molar-refractivity contribution in [3.63, 3.8) is 0 Å². The zero-order valence-corrected chi connectivity index (χ0v) is 11.3. The van der Waals surface area contributed by atoms with Crippen LogP contribution in [0.4, 0.5) is 0 Å². The summed E-state index contributed by atoms with van der Waals surface area (Å²) >= 11 is 6.39. The van der Waals surface area contributed by atoms with Crippen molar-refractivity contribution in [1.82, 2.24) is 0 Å². The van der Waals surface area contributed by atoms with E-state index in [9.17, 15) is 0 Å². The highest BCUT2D eigenvalue weighted by atomic mass is 35.5. The summed E-state index contributed by atoms with van der Waals surface area (Å²) in [6, 6.07) is 2.01. The topological polar surface area (TPSA) is 28.1 Å². The Morgan fingerprint density at radius 2 is 2.35 bits per heavy atom. The van der Waals surface area contributed by atoms with Gasteiger partial charge in [0.1, 0.15) is 0 Å².